The maximum atomic E-state index is 5.78. The fourth-order valence-corrected chi connectivity index (χ4v) is 1.83. The van der Waals surface area contributed by atoms with Crippen LogP contribution in [0.1, 0.15) is 18.4 Å². The van der Waals surface area contributed by atoms with Gasteiger partial charge in [-0.2, -0.15) is 0 Å². The van der Waals surface area contributed by atoms with Crippen molar-refractivity contribution in [2.75, 3.05) is 19.7 Å². The molecule has 2 heteroatoms. The molecule has 1 aromatic rings. The Morgan fingerprint density at radius 3 is 2.94 bits per heavy atom. The van der Waals surface area contributed by atoms with Crippen LogP contribution in [0.2, 0.25) is 0 Å². The summed E-state index contributed by atoms with van der Waals surface area (Å²) in [6.45, 7) is 6.58. The average Bonchev–Trinajstić information content (AvgIpc) is 3.15. The molecule has 1 aliphatic rings. The first kappa shape index (κ1) is 12.2. The fourth-order valence-electron chi connectivity index (χ4n) is 1.83. The Morgan fingerprint density at radius 2 is 2.18 bits per heavy atom. The van der Waals surface area contributed by atoms with Gasteiger partial charge in [-0.15, -0.1) is 6.58 Å². The van der Waals surface area contributed by atoms with E-state index in [1.54, 1.807) is 0 Å². The molecule has 0 atom stereocenters. The minimum atomic E-state index is 0.737. The van der Waals surface area contributed by atoms with Gasteiger partial charge in [0.15, 0.2) is 0 Å². The molecular formula is C15H21NO. The average molecular weight is 231 g/mol. The normalized spacial score (nSPS) is 14.6. The van der Waals surface area contributed by atoms with E-state index in [0.717, 1.165) is 37.8 Å². The SMILES string of the molecule is C=CCc1ccccc1OCCNCC1CC1. The van der Waals surface area contributed by atoms with Crippen molar-refractivity contribution in [1.29, 1.82) is 0 Å². The predicted molar refractivity (Wildman–Crippen MR) is 71.4 cm³/mol. The van der Waals surface area contributed by atoms with Gasteiger partial charge in [0.25, 0.3) is 0 Å². The van der Waals surface area contributed by atoms with Gasteiger partial charge in [0.1, 0.15) is 12.4 Å². The molecule has 0 unspecified atom stereocenters. The molecule has 92 valence electrons. The summed E-state index contributed by atoms with van der Waals surface area (Å²) in [5.41, 5.74) is 1.21. The highest BCUT2D eigenvalue weighted by molar-refractivity contribution is 5.34. The zero-order valence-electron chi connectivity index (χ0n) is 10.3. The molecule has 0 spiro atoms. The number of rotatable bonds is 8. The largest absolute Gasteiger partial charge is 0.492 e. The molecule has 1 aromatic carbocycles. The molecule has 2 nitrogen and oxygen atoms in total. The van der Waals surface area contributed by atoms with E-state index in [9.17, 15) is 0 Å². The summed E-state index contributed by atoms with van der Waals surface area (Å²) in [7, 11) is 0. The lowest BCUT2D eigenvalue weighted by molar-refractivity contribution is 0.310. The third-order valence-corrected chi connectivity index (χ3v) is 3.00. The second-order valence-electron chi connectivity index (χ2n) is 4.60. The van der Waals surface area contributed by atoms with Crippen LogP contribution >= 0.6 is 0 Å². The Morgan fingerprint density at radius 1 is 1.35 bits per heavy atom. The lowest BCUT2D eigenvalue weighted by atomic mass is 10.1. The molecule has 0 aromatic heterocycles. The number of hydrogen-bond acceptors (Lipinski definition) is 2. The van der Waals surface area contributed by atoms with Crippen LogP contribution in [-0.2, 0) is 6.42 Å². The number of benzene rings is 1. The predicted octanol–water partition coefficient (Wildman–Crippen LogP) is 2.79. The van der Waals surface area contributed by atoms with Gasteiger partial charge in [0.2, 0.25) is 0 Å². The van der Waals surface area contributed by atoms with E-state index in [2.05, 4.69) is 18.0 Å². The summed E-state index contributed by atoms with van der Waals surface area (Å²) in [6, 6.07) is 8.17. The lowest BCUT2D eigenvalue weighted by Gasteiger charge is -2.10. The van der Waals surface area contributed by atoms with Crippen molar-refractivity contribution in [3.05, 3.63) is 42.5 Å². The van der Waals surface area contributed by atoms with Gasteiger partial charge in [0.05, 0.1) is 0 Å². The summed E-state index contributed by atoms with van der Waals surface area (Å²) in [5, 5.41) is 3.42. The highest BCUT2D eigenvalue weighted by Crippen LogP contribution is 2.27. The first-order valence-electron chi connectivity index (χ1n) is 6.42. The van der Waals surface area contributed by atoms with E-state index in [1.165, 1.54) is 18.4 Å². The summed E-state index contributed by atoms with van der Waals surface area (Å²) in [5.74, 6) is 1.92. The van der Waals surface area contributed by atoms with E-state index in [1.807, 2.05) is 24.3 Å². The molecule has 0 saturated heterocycles. The molecule has 0 amide bonds. The Balaban J connectivity index is 1.70. The van der Waals surface area contributed by atoms with Crippen LogP contribution in [0.25, 0.3) is 0 Å². The van der Waals surface area contributed by atoms with Crippen molar-refractivity contribution in [2.45, 2.75) is 19.3 Å². The third-order valence-electron chi connectivity index (χ3n) is 3.00. The van der Waals surface area contributed by atoms with Gasteiger partial charge in [0, 0.05) is 6.54 Å². The van der Waals surface area contributed by atoms with E-state index in [-0.39, 0.29) is 0 Å². The molecule has 17 heavy (non-hydrogen) atoms. The standard InChI is InChI=1S/C15H21NO/c1-2-5-14-6-3-4-7-15(14)17-11-10-16-12-13-8-9-13/h2-4,6-7,13,16H,1,5,8-12H2. The summed E-state index contributed by atoms with van der Waals surface area (Å²) < 4.78 is 5.78. The highest BCUT2D eigenvalue weighted by atomic mass is 16.5. The quantitative estimate of drug-likeness (QED) is 0.548. The molecule has 1 fully saturated rings. The van der Waals surface area contributed by atoms with Crippen molar-refractivity contribution in [2.24, 2.45) is 5.92 Å². The van der Waals surface area contributed by atoms with Crippen LogP contribution in [0, 0.1) is 5.92 Å². The van der Waals surface area contributed by atoms with E-state index < -0.39 is 0 Å². The van der Waals surface area contributed by atoms with Gasteiger partial charge < -0.3 is 10.1 Å². The number of ether oxygens (including phenoxy) is 1. The number of hydrogen-bond donors (Lipinski definition) is 1. The lowest BCUT2D eigenvalue weighted by Crippen LogP contribution is -2.23. The molecular weight excluding hydrogens is 210 g/mol. The van der Waals surface area contributed by atoms with Crippen LogP contribution in [-0.4, -0.2) is 19.7 Å². The van der Waals surface area contributed by atoms with Gasteiger partial charge in [-0.25, -0.2) is 0 Å². The summed E-state index contributed by atoms with van der Waals surface area (Å²) in [6.07, 6.45) is 5.57. The Bertz CT molecular complexity index is 358. The molecule has 1 saturated carbocycles. The number of allylic oxidation sites excluding steroid dienone is 1. The van der Waals surface area contributed by atoms with Gasteiger partial charge in [-0.05, 0) is 43.4 Å². The molecule has 0 heterocycles. The van der Waals surface area contributed by atoms with Crippen LogP contribution < -0.4 is 10.1 Å². The maximum absolute atomic E-state index is 5.78. The van der Waals surface area contributed by atoms with Gasteiger partial charge >= 0.3 is 0 Å². The third kappa shape index (κ3) is 4.23. The van der Waals surface area contributed by atoms with E-state index >= 15 is 0 Å². The molecule has 1 aliphatic carbocycles. The summed E-state index contributed by atoms with van der Waals surface area (Å²) >= 11 is 0. The first-order valence-corrected chi connectivity index (χ1v) is 6.42. The maximum Gasteiger partial charge on any atom is 0.122 e. The second kappa shape index (κ2) is 6.45. The topological polar surface area (TPSA) is 21.3 Å². The molecule has 0 bridgehead atoms. The summed E-state index contributed by atoms with van der Waals surface area (Å²) in [4.78, 5) is 0. The molecule has 2 rings (SSSR count). The Labute approximate surface area is 104 Å². The highest BCUT2D eigenvalue weighted by Gasteiger charge is 2.19. The zero-order valence-corrected chi connectivity index (χ0v) is 10.3. The van der Waals surface area contributed by atoms with Crippen molar-refractivity contribution in [3.63, 3.8) is 0 Å². The van der Waals surface area contributed by atoms with Gasteiger partial charge in [-0.3, -0.25) is 0 Å². The van der Waals surface area contributed by atoms with E-state index in [4.69, 9.17) is 4.74 Å². The Kier molecular flexibility index (Phi) is 4.63. The van der Waals surface area contributed by atoms with Crippen LogP contribution in [0.3, 0.4) is 0 Å². The Hall–Kier alpha value is -1.28. The fraction of sp³-hybridized carbons (Fsp3) is 0.467. The number of para-hydroxylation sites is 1. The van der Waals surface area contributed by atoms with Crippen molar-refractivity contribution in [1.82, 2.24) is 5.32 Å². The zero-order chi connectivity index (χ0) is 11.9. The van der Waals surface area contributed by atoms with Crippen LogP contribution in [0.5, 0.6) is 5.75 Å². The smallest absolute Gasteiger partial charge is 0.122 e. The van der Waals surface area contributed by atoms with Crippen LogP contribution in [0.4, 0.5) is 0 Å². The number of nitrogens with one attached hydrogen (secondary N) is 1. The minimum Gasteiger partial charge on any atom is -0.492 e. The van der Waals surface area contributed by atoms with Crippen LogP contribution in [0.15, 0.2) is 36.9 Å². The van der Waals surface area contributed by atoms with Crippen molar-refractivity contribution < 1.29 is 4.74 Å². The van der Waals surface area contributed by atoms with E-state index in [0.29, 0.717) is 0 Å². The molecule has 0 radical (unpaired) electrons. The van der Waals surface area contributed by atoms with Gasteiger partial charge in [-0.1, -0.05) is 24.3 Å². The second-order valence-corrected chi connectivity index (χ2v) is 4.60. The first-order chi connectivity index (χ1) is 8.40. The van der Waals surface area contributed by atoms with Crippen molar-refractivity contribution in [3.8, 4) is 5.75 Å². The molecule has 0 aliphatic heterocycles. The van der Waals surface area contributed by atoms with Crippen molar-refractivity contribution >= 4 is 0 Å². The monoisotopic (exact) mass is 231 g/mol. The molecule has 1 N–H and O–H groups in total. The minimum absolute atomic E-state index is 0.737.